The molecule has 1 aromatic carbocycles. The van der Waals surface area contributed by atoms with Crippen LogP contribution in [0.25, 0.3) is 0 Å². The number of piperazine rings is 1. The number of carboxylic acid groups (broad SMARTS) is 1. The van der Waals surface area contributed by atoms with Gasteiger partial charge in [0.15, 0.2) is 0 Å². The molecule has 0 aliphatic carbocycles. The van der Waals surface area contributed by atoms with Crippen LogP contribution >= 0.6 is 0 Å². The van der Waals surface area contributed by atoms with E-state index in [9.17, 15) is 18.8 Å². The predicted molar refractivity (Wildman–Crippen MR) is 72.2 cm³/mol. The molecule has 0 spiro atoms. The molecule has 1 aliphatic heterocycles. The molecule has 1 aromatic rings. The topological polar surface area (TPSA) is 77.9 Å². The maximum Gasteiger partial charge on any atom is 0.323 e. The van der Waals surface area contributed by atoms with Gasteiger partial charge in [0, 0.05) is 5.69 Å². The molecular weight excluding hydrogens is 279 g/mol. The lowest BCUT2D eigenvalue weighted by atomic mass is 10.0. The Bertz CT molecular complexity index is 565. The van der Waals surface area contributed by atoms with Gasteiger partial charge < -0.3 is 10.0 Å². The Labute approximate surface area is 120 Å². The Morgan fingerprint density at radius 3 is 2.05 bits per heavy atom. The van der Waals surface area contributed by atoms with E-state index < -0.39 is 42.2 Å². The summed E-state index contributed by atoms with van der Waals surface area (Å²) in [5, 5.41) is 8.79. The second-order valence-corrected chi connectivity index (χ2v) is 4.89. The first-order valence-electron chi connectivity index (χ1n) is 6.44. The molecular formula is C14H15FN2O4. The van der Waals surface area contributed by atoms with Crippen LogP contribution < -0.4 is 4.90 Å². The number of rotatable bonds is 3. The minimum Gasteiger partial charge on any atom is -0.480 e. The fourth-order valence-electron chi connectivity index (χ4n) is 2.48. The molecule has 2 atom stereocenters. The van der Waals surface area contributed by atoms with Gasteiger partial charge in [0.2, 0.25) is 0 Å². The Morgan fingerprint density at radius 1 is 1.14 bits per heavy atom. The number of hydrogen-bond donors (Lipinski definition) is 1. The summed E-state index contributed by atoms with van der Waals surface area (Å²) in [4.78, 5) is 37.5. The summed E-state index contributed by atoms with van der Waals surface area (Å²) in [6.07, 6.45) is 0. The molecule has 1 heterocycles. The van der Waals surface area contributed by atoms with Gasteiger partial charge in [-0.2, -0.15) is 0 Å². The maximum absolute atomic E-state index is 13.0. The van der Waals surface area contributed by atoms with Gasteiger partial charge in [0.25, 0.3) is 11.8 Å². The lowest BCUT2D eigenvalue weighted by Gasteiger charge is -2.42. The van der Waals surface area contributed by atoms with Crippen molar-refractivity contribution in [1.29, 1.82) is 0 Å². The molecule has 6 nitrogen and oxygen atoms in total. The summed E-state index contributed by atoms with van der Waals surface area (Å²) < 4.78 is 13.0. The largest absolute Gasteiger partial charge is 0.480 e. The van der Waals surface area contributed by atoms with Gasteiger partial charge >= 0.3 is 5.97 Å². The summed E-state index contributed by atoms with van der Waals surface area (Å²) in [6, 6.07) is 4.04. The van der Waals surface area contributed by atoms with E-state index in [0.29, 0.717) is 5.69 Å². The third-order valence-corrected chi connectivity index (χ3v) is 3.50. The lowest BCUT2D eigenvalue weighted by Crippen LogP contribution is -2.64. The highest BCUT2D eigenvalue weighted by molar-refractivity contribution is 6.07. The molecule has 21 heavy (non-hydrogen) atoms. The van der Waals surface area contributed by atoms with Crippen molar-refractivity contribution in [1.82, 2.24) is 4.90 Å². The minimum absolute atomic E-state index is 0.416. The van der Waals surface area contributed by atoms with Crippen molar-refractivity contribution >= 4 is 23.5 Å². The molecule has 1 fully saturated rings. The van der Waals surface area contributed by atoms with Gasteiger partial charge in [-0.15, -0.1) is 0 Å². The van der Waals surface area contributed by atoms with Crippen LogP contribution in [-0.4, -0.2) is 46.4 Å². The normalized spacial score (nSPS) is 22.6. The summed E-state index contributed by atoms with van der Waals surface area (Å²) in [5.41, 5.74) is 0.535. The van der Waals surface area contributed by atoms with Gasteiger partial charge in [-0.25, -0.2) is 4.39 Å². The molecule has 1 aliphatic rings. The van der Waals surface area contributed by atoms with Crippen LogP contribution in [0.2, 0.25) is 0 Å². The van der Waals surface area contributed by atoms with Crippen molar-refractivity contribution < 1.29 is 23.9 Å². The number of carbonyl (C=O) groups is 3. The number of imide groups is 1. The van der Waals surface area contributed by atoms with Gasteiger partial charge in [0.1, 0.15) is 24.4 Å². The Morgan fingerprint density at radius 2 is 1.62 bits per heavy atom. The molecule has 1 N–H and O–H groups in total. The Kier molecular flexibility index (Phi) is 3.93. The number of carbonyl (C=O) groups excluding carboxylic acids is 2. The zero-order valence-corrected chi connectivity index (χ0v) is 11.6. The zero-order valence-electron chi connectivity index (χ0n) is 11.6. The minimum atomic E-state index is -1.24. The van der Waals surface area contributed by atoms with E-state index in [0.717, 1.165) is 4.90 Å². The predicted octanol–water partition coefficient (Wildman–Crippen LogP) is 0.863. The number of benzene rings is 1. The van der Waals surface area contributed by atoms with E-state index in [-0.39, 0.29) is 0 Å². The standard InChI is InChI=1S/C14H15FN2O4/c1-8-13(20)16(7-12(18)19)14(21)9(2)17(8)11-5-3-10(15)4-6-11/h3-6,8-9H,7H2,1-2H3,(H,18,19). The summed E-state index contributed by atoms with van der Waals surface area (Å²) in [5.74, 6) is -2.82. The summed E-state index contributed by atoms with van der Waals surface area (Å²) in [6.45, 7) is 2.52. The average molecular weight is 294 g/mol. The first kappa shape index (κ1) is 15.0. The van der Waals surface area contributed by atoms with Gasteiger partial charge in [-0.1, -0.05) is 0 Å². The van der Waals surface area contributed by atoms with Crippen LogP contribution in [0.5, 0.6) is 0 Å². The van der Waals surface area contributed by atoms with Crippen LogP contribution in [0.1, 0.15) is 13.8 Å². The second kappa shape index (κ2) is 5.51. The van der Waals surface area contributed by atoms with Gasteiger partial charge in [0.05, 0.1) is 0 Å². The van der Waals surface area contributed by atoms with Crippen LogP contribution in [-0.2, 0) is 14.4 Å². The molecule has 0 radical (unpaired) electrons. The van der Waals surface area contributed by atoms with Crippen molar-refractivity contribution in [2.45, 2.75) is 25.9 Å². The number of nitrogens with zero attached hydrogens (tertiary/aromatic N) is 2. The van der Waals surface area contributed by atoms with Crippen LogP contribution in [0, 0.1) is 5.82 Å². The number of amides is 2. The molecule has 0 bridgehead atoms. The Hall–Kier alpha value is -2.44. The average Bonchev–Trinajstić information content (AvgIpc) is 2.43. The SMILES string of the molecule is CC1C(=O)N(CC(=O)O)C(=O)C(C)N1c1ccc(F)cc1. The van der Waals surface area contributed by atoms with E-state index >= 15 is 0 Å². The van der Waals surface area contributed by atoms with Crippen molar-refractivity contribution in [2.24, 2.45) is 0 Å². The molecule has 1 saturated heterocycles. The van der Waals surface area contributed by atoms with Gasteiger partial charge in [-0.05, 0) is 38.1 Å². The fourth-order valence-corrected chi connectivity index (χ4v) is 2.48. The number of anilines is 1. The first-order chi connectivity index (χ1) is 9.82. The van der Waals surface area contributed by atoms with Crippen molar-refractivity contribution in [2.75, 3.05) is 11.4 Å². The zero-order chi connectivity index (χ0) is 15.7. The highest BCUT2D eigenvalue weighted by atomic mass is 19.1. The lowest BCUT2D eigenvalue weighted by molar-refractivity contribution is -0.156. The molecule has 2 rings (SSSR count). The maximum atomic E-state index is 13.0. The van der Waals surface area contributed by atoms with Gasteiger partial charge in [-0.3, -0.25) is 19.3 Å². The van der Waals surface area contributed by atoms with E-state index in [1.54, 1.807) is 18.7 Å². The summed E-state index contributed by atoms with van der Waals surface area (Å²) >= 11 is 0. The molecule has 0 saturated carbocycles. The van der Waals surface area contributed by atoms with Crippen LogP contribution in [0.3, 0.4) is 0 Å². The van der Waals surface area contributed by atoms with Crippen LogP contribution in [0.15, 0.2) is 24.3 Å². The number of hydrogen-bond acceptors (Lipinski definition) is 4. The molecule has 2 amide bonds. The van der Waals surface area contributed by atoms with Crippen molar-refractivity contribution in [3.63, 3.8) is 0 Å². The molecule has 0 aromatic heterocycles. The number of aliphatic carboxylic acids is 1. The van der Waals surface area contributed by atoms with Crippen molar-refractivity contribution in [3.8, 4) is 0 Å². The molecule has 112 valence electrons. The van der Waals surface area contributed by atoms with E-state index in [4.69, 9.17) is 5.11 Å². The van der Waals surface area contributed by atoms with E-state index in [1.807, 2.05) is 0 Å². The van der Waals surface area contributed by atoms with Crippen molar-refractivity contribution in [3.05, 3.63) is 30.1 Å². The fraction of sp³-hybridized carbons (Fsp3) is 0.357. The molecule has 2 unspecified atom stereocenters. The highest BCUT2D eigenvalue weighted by Gasteiger charge is 2.43. The monoisotopic (exact) mass is 294 g/mol. The molecule has 7 heteroatoms. The number of halogens is 1. The van der Waals surface area contributed by atoms with Crippen LogP contribution in [0.4, 0.5) is 10.1 Å². The highest BCUT2D eigenvalue weighted by Crippen LogP contribution is 2.26. The van der Waals surface area contributed by atoms with E-state index in [1.165, 1.54) is 24.3 Å². The smallest absolute Gasteiger partial charge is 0.323 e. The van der Waals surface area contributed by atoms with E-state index in [2.05, 4.69) is 0 Å². The summed E-state index contributed by atoms with van der Waals surface area (Å²) in [7, 11) is 0. The number of carboxylic acids is 1. The first-order valence-corrected chi connectivity index (χ1v) is 6.44. The third-order valence-electron chi connectivity index (χ3n) is 3.50. The third kappa shape index (κ3) is 2.72. The quantitative estimate of drug-likeness (QED) is 0.837. The Balaban J connectivity index is 2.34. The second-order valence-electron chi connectivity index (χ2n) is 4.89.